The van der Waals surface area contributed by atoms with E-state index in [1.54, 1.807) is 0 Å². The Kier molecular flexibility index (Phi) is 3.31. The summed E-state index contributed by atoms with van der Waals surface area (Å²) in [5.74, 6) is -0.474. The molecule has 0 N–H and O–H groups in total. The van der Waals surface area contributed by atoms with E-state index in [0.717, 1.165) is 12.8 Å². The van der Waals surface area contributed by atoms with E-state index in [4.69, 9.17) is 9.47 Å². The van der Waals surface area contributed by atoms with Gasteiger partial charge in [-0.2, -0.15) is 0 Å². The highest BCUT2D eigenvalue weighted by atomic mass is 16.7. The van der Waals surface area contributed by atoms with Gasteiger partial charge in [-0.15, -0.1) is 0 Å². The van der Waals surface area contributed by atoms with Gasteiger partial charge in [0.1, 0.15) is 0 Å². The normalized spacial score (nSPS) is 34.9. The van der Waals surface area contributed by atoms with Gasteiger partial charge in [0.2, 0.25) is 0 Å². The lowest BCUT2D eigenvalue weighted by Gasteiger charge is -2.41. The lowest BCUT2D eigenvalue weighted by Crippen LogP contribution is -2.46. The van der Waals surface area contributed by atoms with Crippen molar-refractivity contribution in [1.29, 1.82) is 0 Å². The van der Waals surface area contributed by atoms with Gasteiger partial charge in [0.25, 0.3) is 0 Å². The van der Waals surface area contributed by atoms with E-state index >= 15 is 0 Å². The predicted molar refractivity (Wildman–Crippen MR) is 64.3 cm³/mol. The highest BCUT2D eigenvalue weighted by molar-refractivity contribution is 5.16. The quantitative estimate of drug-likeness (QED) is 0.762. The zero-order valence-corrected chi connectivity index (χ0v) is 10.3. The van der Waals surface area contributed by atoms with Crippen molar-refractivity contribution in [3.63, 3.8) is 0 Å². The molecule has 88 valence electrons. The highest BCUT2D eigenvalue weighted by Gasteiger charge is 2.35. The Morgan fingerprint density at radius 3 is 2.25 bits per heavy atom. The first-order valence-corrected chi connectivity index (χ1v) is 5.97. The monoisotopic (exact) mass is 220 g/mol. The Bertz CT molecular complexity index is 324. The van der Waals surface area contributed by atoms with Crippen molar-refractivity contribution in [2.45, 2.75) is 51.6 Å². The van der Waals surface area contributed by atoms with E-state index in [-0.39, 0.29) is 12.2 Å². The molecular formula is C14H20O2. The molecule has 2 rings (SSSR count). The molecular weight excluding hydrogens is 200 g/mol. The number of ether oxygens (including phenoxy) is 2. The lowest BCUT2D eigenvalue weighted by atomic mass is 10.0. The second-order valence-electron chi connectivity index (χ2n) is 4.89. The number of hydrogen-bond acceptors (Lipinski definition) is 2. The summed E-state index contributed by atoms with van der Waals surface area (Å²) in [5, 5.41) is 0. The molecule has 16 heavy (non-hydrogen) atoms. The van der Waals surface area contributed by atoms with Gasteiger partial charge >= 0.3 is 0 Å². The summed E-state index contributed by atoms with van der Waals surface area (Å²) in [6.07, 6.45) is 2.34. The second kappa shape index (κ2) is 4.56. The van der Waals surface area contributed by atoms with Crippen molar-refractivity contribution in [2.24, 2.45) is 0 Å². The van der Waals surface area contributed by atoms with E-state index in [2.05, 4.69) is 26.0 Å². The van der Waals surface area contributed by atoms with Gasteiger partial charge in [-0.25, -0.2) is 0 Å². The first kappa shape index (κ1) is 11.6. The third-order valence-corrected chi connectivity index (χ3v) is 2.93. The average molecular weight is 220 g/mol. The van der Waals surface area contributed by atoms with Crippen LogP contribution in [0, 0.1) is 0 Å². The standard InChI is InChI=1S/C14H20O2/c1-11-9-12(2)16-14(3,15-11)10-13-7-5-4-6-8-13/h4-8,11-12H,9-10H2,1-3H3/t11-,12-/m1/s1. The highest BCUT2D eigenvalue weighted by Crippen LogP contribution is 2.29. The van der Waals surface area contributed by atoms with Gasteiger partial charge in [0.15, 0.2) is 5.79 Å². The van der Waals surface area contributed by atoms with E-state index in [0.29, 0.717) is 0 Å². The fourth-order valence-corrected chi connectivity index (χ4v) is 2.49. The number of hydrogen-bond donors (Lipinski definition) is 0. The SMILES string of the molecule is C[C@@H]1C[C@@H](C)OC(C)(Cc2ccccc2)O1. The minimum absolute atomic E-state index is 0.275. The Morgan fingerprint density at radius 2 is 1.69 bits per heavy atom. The van der Waals surface area contributed by atoms with E-state index in [1.165, 1.54) is 5.56 Å². The smallest absolute Gasteiger partial charge is 0.170 e. The van der Waals surface area contributed by atoms with Gasteiger partial charge in [-0.05, 0) is 32.8 Å². The van der Waals surface area contributed by atoms with Crippen molar-refractivity contribution < 1.29 is 9.47 Å². The van der Waals surface area contributed by atoms with Crippen LogP contribution in [0.4, 0.5) is 0 Å². The topological polar surface area (TPSA) is 18.5 Å². The minimum Gasteiger partial charge on any atom is -0.347 e. The molecule has 0 bridgehead atoms. The fraction of sp³-hybridized carbons (Fsp3) is 0.571. The molecule has 1 aromatic rings. The molecule has 1 saturated heterocycles. The molecule has 1 aliphatic heterocycles. The summed E-state index contributed by atoms with van der Waals surface area (Å²) in [6.45, 7) is 6.26. The third-order valence-electron chi connectivity index (χ3n) is 2.93. The number of rotatable bonds is 2. The van der Waals surface area contributed by atoms with E-state index < -0.39 is 5.79 Å². The molecule has 1 aromatic carbocycles. The van der Waals surface area contributed by atoms with Crippen LogP contribution in [0.3, 0.4) is 0 Å². The van der Waals surface area contributed by atoms with Gasteiger partial charge in [0, 0.05) is 6.42 Å². The molecule has 0 saturated carbocycles. The van der Waals surface area contributed by atoms with Crippen LogP contribution >= 0.6 is 0 Å². The largest absolute Gasteiger partial charge is 0.347 e. The summed E-state index contributed by atoms with van der Waals surface area (Å²) in [7, 11) is 0. The summed E-state index contributed by atoms with van der Waals surface area (Å²) in [6, 6.07) is 10.4. The molecule has 0 amide bonds. The molecule has 0 unspecified atom stereocenters. The van der Waals surface area contributed by atoms with Crippen LogP contribution in [0.15, 0.2) is 30.3 Å². The van der Waals surface area contributed by atoms with Gasteiger partial charge in [-0.1, -0.05) is 30.3 Å². The molecule has 1 heterocycles. The summed E-state index contributed by atoms with van der Waals surface area (Å²) < 4.78 is 11.9. The third kappa shape index (κ3) is 2.83. The molecule has 0 aliphatic carbocycles. The van der Waals surface area contributed by atoms with Crippen molar-refractivity contribution in [2.75, 3.05) is 0 Å². The Morgan fingerprint density at radius 1 is 1.12 bits per heavy atom. The maximum absolute atomic E-state index is 5.93. The van der Waals surface area contributed by atoms with Crippen molar-refractivity contribution in [1.82, 2.24) is 0 Å². The summed E-state index contributed by atoms with van der Waals surface area (Å²) in [4.78, 5) is 0. The minimum atomic E-state index is -0.474. The average Bonchev–Trinajstić information content (AvgIpc) is 2.15. The molecule has 2 heteroatoms. The Balaban J connectivity index is 2.07. The van der Waals surface area contributed by atoms with Crippen LogP contribution in [0.2, 0.25) is 0 Å². The molecule has 2 atom stereocenters. The van der Waals surface area contributed by atoms with Gasteiger partial charge in [0.05, 0.1) is 12.2 Å². The molecule has 1 aliphatic rings. The van der Waals surface area contributed by atoms with Crippen LogP contribution < -0.4 is 0 Å². The maximum Gasteiger partial charge on any atom is 0.170 e. The Labute approximate surface area is 97.6 Å². The van der Waals surface area contributed by atoms with Crippen LogP contribution in [-0.4, -0.2) is 18.0 Å². The molecule has 2 nitrogen and oxygen atoms in total. The van der Waals surface area contributed by atoms with Crippen molar-refractivity contribution in [3.05, 3.63) is 35.9 Å². The molecule has 0 spiro atoms. The molecule has 0 radical (unpaired) electrons. The van der Waals surface area contributed by atoms with Crippen molar-refractivity contribution in [3.8, 4) is 0 Å². The lowest BCUT2D eigenvalue weighted by molar-refractivity contribution is -0.301. The first-order valence-electron chi connectivity index (χ1n) is 5.97. The van der Waals surface area contributed by atoms with Crippen molar-refractivity contribution >= 4 is 0 Å². The molecule has 0 aromatic heterocycles. The van der Waals surface area contributed by atoms with Crippen LogP contribution in [0.1, 0.15) is 32.8 Å². The zero-order valence-electron chi connectivity index (χ0n) is 10.3. The Hall–Kier alpha value is -0.860. The van der Waals surface area contributed by atoms with E-state index in [9.17, 15) is 0 Å². The fourth-order valence-electron chi connectivity index (χ4n) is 2.49. The summed E-state index contributed by atoms with van der Waals surface area (Å²) >= 11 is 0. The van der Waals surface area contributed by atoms with Crippen LogP contribution in [0.5, 0.6) is 0 Å². The maximum atomic E-state index is 5.93. The van der Waals surface area contributed by atoms with Crippen LogP contribution in [-0.2, 0) is 15.9 Å². The number of benzene rings is 1. The molecule has 1 fully saturated rings. The van der Waals surface area contributed by atoms with E-state index in [1.807, 2.05) is 25.1 Å². The summed E-state index contributed by atoms with van der Waals surface area (Å²) in [5.41, 5.74) is 1.26. The van der Waals surface area contributed by atoms with Gasteiger partial charge < -0.3 is 9.47 Å². The second-order valence-corrected chi connectivity index (χ2v) is 4.89. The van der Waals surface area contributed by atoms with Crippen LogP contribution in [0.25, 0.3) is 0 Å². The first-order chi connectivity index (χ1) is 7.57. The van der Waals surface area contributed by atoms with Gasteiger partial charge in [-0.3, -0.25) is 0 Å². The zero-order chi connectivity index (χ0) is 11.6. The predicted octanol–water partition coefficient (Wildman–Crippen LogP) is 3.16.